The van der Waals surface area contributed by atoms with Crippen molar-refractivity contribution < 1.29 is 46.3 Å². The van der Waals surface area contributed by atoms with E-state index in [0.717, 1.165) is 0 Å². The molecule has 2 aromatic rings. The number of hydrogen-bond donors (Lipinski definition) is 1. The highest BCUT2D eigenvalue weighted by Gasteiger charge is 2.42. The molecule has 0 spiro atoms. The van der Waals surface area contributed by atoms with Gasteiger partial charge in [-0.05, 0) is 60.2 Å². The Labute approximate surface area is 203 Å². The maximum atomic E-state index is 12.9. The summed E-state index contributed by atoms with van der Waals surface area (Å²) in [5.41, 5.74) is -0.893. The Hall–Kier alpha value is -3.42. The normalized spacial score (nSPS) is 12.7. The van der Waals surface area contributed by atoms with Gasteiger partial charge in [0.25, 0.3) is 0 Å². The van der Waals surface area contributed by atoms with E-state index >= 15 is 0 Å². The Kier molecular flexibility index (Phi) is 8.65. The summed E-state index contributed by atoms with van der Waals surface area (Å²) in [6.07, 6.45) is -1.04. The SMILES string of the molecule is Cc1oc(=O)oc1COC(=O)N[C@@H](C(=O)OC(C)(C)C)C(C)(C)SC(=O)OCc1oc(=O)oc1C. The highest BCUT2D eigenvalue weighted by Crippen LogP contribution is 2.32. The Bertz CT molecular complexity index is 1180. The average Bonchev–Trinajstić information content (AvgIpc) is 3.19. The molecule has 2 rings (SSSR count). The maximum Gasteiger partial charge on any atom is 0.519 e. The lowest BCUT2D eigenvalue weighted by molar-refractivity contribution is -0.158. The molecule has 194 valence electrons. The van der Waals surface area contributed by atoms with Crippen molar-refractivity contribution in [2.24, 2.45) is 0 Å². The molecule has 0 unspecified atom stereocenters. The second kappa shape index (κ2) is 10.9. The predicted octanol–water partition coefficient (Wildman–Crippen LogP) is 3.18. The second-order valence-electron chi connectivity index (χ2n) is 8.80. The first kappa shape index (κ1) is 27.8. The van der Waals surface area contributed by atoms with Gasteiger partial charge < -0.3 is 37.2 Å². The topological polar surface area (TPSA) is 178 Å². The van der Waals surface area contributed by atoms with Gasteiger partial charge in [0, 0.05) is 0 Å². The smallest absolute Gasteiger partial charge is 0.458 e. The number of aryl methyl sites for hydroxylation is 2. The van der Waals surface area contributed by atoms with E-state index in [0.29, 0.717) is 11.8 Å². The summed E-state index contributed by atoms with van der Waals surface area (Å²) in [7, 11) is 0. The molecule has 0 fully saturated rings. The summed E-state index contributed by atoms with van der Waals surface area (Å²) < 4.78 is 33.1. The minimum Gasteiger partial charge on any atom is -0.458 e. The molecule has 0 aromatic carbocycles. The number of thioether (sulfide) groups is 1. The number of nitrogens with one attached hydrogen (secondary N) is 1. The molecular formula is C21H27NO12S. The van der Waals surface area contributed by atoms with E-state index < -0.39 is 52.0 Å². The van der Waals surface area contributed by atoms with Crippen LogP contribution in [0.3, 0.4) is 0 Å². The zero-order valence-corrected chi connectivity index (χ0v) is 21.1. The third-order valence-electron chi connectivity index (χ3n) is 4.27. The van der Waals surface area contributed by atoms with E-state index in [9.17, 15) is 24.0 Å². The van der Waals surface area contributed by atoms with Crippen molar-refractivity contribution in [2.45, 2.75) is 78.1 Å². The lowest BCUT2D eigenvalue weighted by Gasteiger charge is -2.33. The van der Waals surface area contributed by atoms with Gasteiger partial charge in [-0.15, -0.1) is 0 Å². The fourth-order valence-corrected chi connectivity index (χ4v) is 3.43. The zero-order chi connectivity index (χ0) is 26.6. The molecule has 0 bridgehead atoms. The number of esters is 1. The van der Waals surface area contributed by atoms with Crippen molar-refractivity contribution >= 4 is 29.1 Å². The van der Waals surface area contributed by atoms with Crippen molar-refractivity contribution in [2.75, 3.05) is 0 Å². The average molecular weight is 518 g/mol. The van der Waals surface area contributed by atoms with Crippen LogP contribution in [0, 0.1) is 13.8 Å². The van der Waals surface area contributed by atoms with Crippen molar-refractivity contribution in [3.63, 3.8) is 0 Å². The number of amides is 1. The highest BCUT2D eigenvalue weighted by molar-refractivity contribution is 8.14. The van der Waals surface area contributed by atoms with E-state index in [4.69, 9.17) is 27.5 Å². The summed E-state index contributed by atoms with van der Waals surface area (Å²) in [5.74, 6) is -2.39. The number of rotatable bonds is 8. The third kappa shape index (κ3) is 8.38. The minimum absolute atomic E-state index is 0.00243. The molecule has 35 heavy (non-hydrogen) atoms. The predicted molar refractivity (Wildman–Crippen MR) is 119 cm³/mol. The molecule has 2 heterocycles. The van der Waals surface area contributed by atoms with Gasteiger partial charge in [0.2, 0.25) is 0 Å². The number of hydrogen-bond acceptors (Lipinski definition) is 13. The maximum absolute atomic E-state index is 12.9. The van der Waals surface area contributed by atoms with Crippen LogP contribution in [-0.4, -0.2) is 33.8 Å². The van der Waals surface area contributed by atoms with E-state index in [-0.39, 0.29) is 29.6 Å². The summed E-state index contributed by atoms with van der Waals surface area (Å²) in [5, 5.41) is 1.56. The lowest BCUT2D eigenvalue weighted by Crippen LogP contribution is -2.54. The molecule has 13 nitrogen and oxygen atoms in total. The number of ether oxygens (including phenoxy) is 3. The van der Waals surface area contributed by atoms with E-state index in [1.807, 2.05) is 0 Å². The monoisotopic (exact) mass is 517 g/mol. The van der Waals surface area contributed by atoms with Crippen LogP contribution in [0.4, 0.5) is 9.59 Å². The Morgan fingerprint density at radius 3 is 1.77 bits per heavy atom. The van der Waals surface area contributed by atoms with E-state index in [1.165, 1.54) is 27.7 Å². The molecule has 1 atom stereocenters. The van der Waals surface area contributed by atoms with Crippen LogP contribution < -0.4 is 17.0 Å². The fraction of sp³-hybridized carbons (Fsp3) is 0.571. The first-order valence-electron chi connectivity index (χ1n) is 10.3. The Morgan fingerprint density at radius 1 is 0.857 bits per heavy atom. The van der Waals surface area contributed by atoms with Crippen molar-refractivity contribution in [3.8, 4) is 0 Å². The lowest BCUT2D eigenvalue weighted by atomic mass is 10.0. The molecule has 0 saturated heterocycles. The van der Waals surface area contributed by atoms with Gasteiger partial charge in [-0.25, -0.2) is 24.0 Å². The molecule has 0 saturated carbocycles. The Balaban J connectivity index is 2.10. The van der Waals surface area contributed by atoms with E-state index in [2.05, 4.69) is 9.73 Å². The van der Waals surface area contributed by atoms with Gasteiger partial charge in [0.15, 0.2) is 36.3 Å². The molecule has 1 N–H and O–H groups in total. The molecule has 2 aromatic heterocycles. The van der Waals surface area contributed by atoms with Crippen LogP contribution in [0.15, 0.2) is 27.3 Å². The molecule has 0 aliphatic carbocycles. The quantitative estimate of drug-likeness (QED) is 0.399. The summed E-state index contributed by atoms with van der Waals surface area (Å²) in [6, 6.07) is -1.36. The first-order valence-corrected chi connectivity index (χ1v) is 11.1. The van der Waals surface area contributed by atoms with Crippen molar-refractivity contribution in [1.29, 1.82) is 0 Å². The molecule has 1 amide bonds. The summed E-state index contributed by atoms with van der Waals surface area (Å²) in [4.78, 5) is 60.0. The molecule has 0 aliphatic heterocycles. The highest BCUT2D eigenvalue weighted by atomic mass is 32.2. The minimum atomic E-state index is -1.36. The van der Waals surface area contributed by atoms with Crippen LogP contribution in [0.2, 0.25) is 0 Å². The van der Waals surface area contributed by atoms with Crippen LogP contribution in [0.5, 0.6) is 0 Å². The standard InChI is InChI=1S/C21H27NO12S/c1-10-12(32-17(25)30-10)8-28-16(24)22-14(15(23)34-20(3,4)5)21(6,7)35-19(27)29-9-13-11(2)31-18(26)33-13/h14H,8-9H2,1-7H3,(H,22,24)/t14-/m0/s1. The van der Waals surface area contributed by atoms with Gasteiger partial charge in [0.05, 0.1) is 4.75 Å². The Morgan fingerprint density at radius 2 is 1.34 bits per heavy atom. The van der Waals surface area contributed by atoms with Gasteiger partial charge in [-0.1, -0.05) is 0 Å². The largest absolute Gasteiger partial charge is 0.519 e. The van der Waals surface area contributed by atoms with Crippen LogP contribution in [-0.2, 0) is 32.2 Å². The first-order chi connectivity index (χ1) is 16.1. The van der Waals surface area contributed by atoms with Gasteiger partial charge in [-0.3, -0.25) is 0 Å². The van der Waals surface area contributed by atoms with Crippen molar-refractivity contribution in [1.82, 2.24) is 5.32 Å². The zero-order valence-electron chi connectivity index (χ0n) is 20.3. The fourth-order valence-electron chi connectivity index (χ4n) is 2.61. The van der Waals surface area contributed by atoms with Crippen LogP contribution >= 0.6 is 11.8 Å². The second-order valence-corrected chi connectivity index (χ2v) is 10.4. The molecule has 0 aliphatic rings. The molecule has 0 radical (unpaired) electrons. The summed E-state index contributed by atoms with van der Waals surface area (Å²) >= 11 is 0.601. The number of carbonyl (C=O) groups excluding carboxylic acids is 3. The number of alkyl carbamates (subject to hydrolysis) is 1. The van der Waals surface area contributed by atoms with Gasteiger partial charge >= 0.3 is 29.0 Å². The van der Waals surface area contributed by atoms with E-state index in [1.54, 1.807) is 20.8 Å². The molecule has 14 heteroatoms. The summed E-state index contributed by atoms with van der Waals surface area (Å²) in [6.45, 7) is 10.0. The van der Waals surface area contributed by atoms with Crippen LogP contribution in [0.1, 0.15) is 57.7 Å². The third-order valence-corrected chi connectivity index (χ3v) is 5.32. The van der Waals surface area contributed by atoms with Crippen molar-refractivity contribution in [3.05, 3.63) is 44.3 Å². The van der Waals surface area contributed by atoms with Crippen LogP contribution in [0.25, 0.3) is 0 Å². The van der Waals surface area contributed by atoms with Gasteiger partial charge in [-0.2, -0.15) is 0 Å². The molecular weight excluding hydrogens is 490 g/mol. The van der Waals surface area contributed by atoms with Gasteiger partial charge in [0.1, 0.15) is 11.6 Å². The number of carbonyl (C=O) groups is 3.